The first kappa shape index (κ1) is 19.3. The molecule has 0 radical (unpaired) electrons. The molecule has 0 amide bonds. The molecule has 0 aromatic heterocycles. The highest BCUT2D eigenvalue weighted by Crippen LogP contribution is 2.39. The van der Waals surface area contributed by atoms with Gasteiger partial charge in [0, 0.05) is 18.0 Å². The van der Waals surface area contributed by atoms with Gasteiger partial charge < -0.3 is 4.74 Å². The molecule has 4 atom stereocenters. The summed E-state index contributed by atoms with van der Waals surface area (Å²) in [4.78, 5) is 15.1. The molecule has 1 heterocycles. The highest BCUT2D eigenvalue weighted by Gasteiger charge is 2.42. The molecule has 1 saturated carbocycles. The number of carbonyl (C=O) groups excluding carboxylic acids is 1. The highest BCUT2D eigenvalue weighted by molar-refractivity contribution is 5.89. The van der Waals surface area contributed by atoms with Gasteiger partial charge in [-0.15, -0.1) is 12.4 Å². The molecule has 1 aliphatic heterocycles. The second kappa shape index (κ2) is 8.87. The van der Waals surface area contributed by atoms with Crippen LogP contribution in [0.5, 0.6) is 0 Å². The smallest absolute Gasteiger partial charge is 0.338 e. The fourth-order valence-corrected chi connectivity index (χ4v) is 4.49. The van der Waals surface area contributed by atoms with Crippen molar-refractivity contribution in [2.24, 2.45) is 5.92 Å². The third kappa shape index (κ3) is 4.12. The lowest BCUT2D eigenvalue weighted by Gasteiger charge is -2.50. The predicted molar refractivity (Wildman–Crippen MR) is 99.7 cm³/mol. The number of hydrogen-bond acceptors (Lipinski definition) is 3. The van der Waals surface area contributed by atoms with Crippen LogP contribution < -0.4 is 0 Å². The Morgan fingerprint density at radius 1 is 1.17 bits per heavy atom. The summed E-state index contributed by atoms with van der Waals surface area (Å²) in [7, 11) is 0. The lowest BCUT2D eigenvalue weighted by atomic mass is 9.74. The summed E-state index contributed by atoms with van der Waals surface area (Å²) in [5.41, 5.74) is 0.671. The van der Waals surface area contributed by atoms with Crippen LogP contribution in [0.25, 0.3) is 0 Å². The number of carbonyl (C=O) groups is 1. The van der Waals surface area contributed by atoms with Crippen molar-refractivity contribution in [3.8, 4) is 0 Å². The molecule has 0 bridgehead atoms. The number of nitrogens with zero attached hydrogens (tertiary/aromatic N) is 1. The zero-order chi connectivity index (χ0) is 16.2. The fourth-order valence-electron chi connectivity index (χ4n) is 4.49. The Labute approximate surface area is 152 Å². The van der Waals surface area contributed by atoms with Crippen molar-refractivity contribution >= 4 is 18.4 Å². The number of fused-ring (bicyclic) bond motifs is 1. The molecule has 1 saturated heterocycles. The molecule has 1 aromatic rings. The van der Waals surface area contributed by atoms with Crippen molar-refractivity contribution in [2.45, 2.75) is 70.6 Å². The van der Waals surface area contributed by atoms with E-state index in [1.165, 1.54) is 38.6 Å². The van der Waals surface area contributed by atoms with E-state index in [2.05, 4.69) is 18.7 Å². The van der Waals surface area contributed by atoms with Crippen molar-refractivity contribution in [3.05, 3.63) is 35.9 Å². The van der Waals surface area contributed by atoms with E-state index >= 15 is 0 Å². The van der Waals surface area contributed by atoms with Gasteiger partial charge in [-0.05, 0) is 64.1 Å². The van der Waals surface area contributed by atoms with Crippen LogP contribution in [0.3, 0.4) is 0 Å². The van der Waals surface area contributed by atoms with E-state index in [0.29, 0.717) is 23.6 Å². The summed E-state index contributed by atoms with van der Waals surface area (Å²) < 4.78 is 5.94. The first-order valence-corrected chi connectivity index (χ1v) is 9.22. The molecule has 2 fully saturated rings. The minimum atomic E-state index is -0.156. The Balaban J connectivity index is 0.00000208. The first-order valence-electron chi connectivity index (χ1n) is 9.22. The van der Waals surface area contributed by atoms with Gasteiger partial charge in [-0.1, -0.05) is 25.1 Å². The van der Waals surface area contributed by atoms with Crippen LogP contribution >= 0.6 is 12.4 Å². The van der Waals surface area contributed by atoms with Gasteiger partial charge in [0.25, 0.3) is 0 Å². The monoisotopic (exact) mass is 351 g/mol. The van der Waals surface area contributed by atoms with Crippen molar-refractivity contribution in [2.75, 3.05) is 6.54 Å². The molecule has 24 heavy (non-hydrogen) atoms. The van der Waals surface area contributed by atoms with E-state index in [4.69, 9.17) is 4.74 Å². The molecule has 4 unspecified atom stereocenters. The number of likely N-dealkylation sites (tertiary alicyclic amines) is 1. The first-order chi connectivity index (χ1) is 11.2. The minimum absolute atomic E-state index is 0. The predicted octanol–water partition coefficient (Wildman–Crippen LogP) is 4.70. The van der Waals surface area contributed by atoms with Crippen molar-refractivity contribution in [3.63, 3.8) is 0 Å². The van der Waals surface area contributed by atoms with Crippen LogP contribution in [-0.4, -0.2) is 35.6 Å². The molecule has 1 aliphatic carbocycles. The number of rotatable bonds is 4. The SMILES string of the molecule is CCCN1C(C)CCC2C(OC(=O)c3ccccc3)CCCC21.Cl. The van der Waals surface area contributed by atoms with E-state index < -0.39 is 0 Å². The van der Waals surface area contributed by atoms with Crippen LogP contribution in [0.2, 0.25) is 0 Å². The summed E-state index contributed by atoms with van der Waals surface area (Å²) in [6.07, 6.45) is 7.15. The average Bonchev–Trinajstić information content (AvgIpc) is 2.58. The van der Waals surface area contributed by atoms with Gasteiger partial charge in [-0.2, -0.15) is 0 Å². The fraction of sp³-hybridized carbons (Fsp3) is 0.650. The Hall–Kier alpha value is -1.06. The zero-order valence-corrected chi connectivity index (χ0v) is 15.6. The van der Waals surface area contributed by atoms with Crippen LogP contribution in [0.15, 0.2) is 30.3 Å². The summed E-state index contributed by atoms with van der Waals surface area (Å²) in [5, 5.41) is 0. The topological polar surface area (TPSA) is 29.5 Å². The van der Waals surface area contributed by atoms with E-state index in [1.807, 2.05) is 30.3 Å². The van der Waals surface area contributed by atoms with Gasteiger partial charge in [-0.25, -0.2) is 4.79 Å². The van der Waals surface area contributed by atoms with Crippen molar-refractivity contribution in [1.29, 1.82) is 0 Å². The molecule has 3 nitrogen and oxygen atoms in total. The quantitative estimate of drug-likeness (QED) is 0.736. The highest BCUT2D eigenvalue weighted by atomic mass is 35.5. The Morgan fingerprint density at radius 3 is 2.62 bits per heavy atom. The van der Waals surface area contributed by atoms with E-state index in [0.717, 1.165) is 6.42 Å². The largest absolute Gasteiger partial charge is 0.458 e. The molecule has 4 heteroatoms. The average molecular weight is 352 g/mol. The van der Waals surface area contributed by atoms with Crippen LogP contribution in [0, 0.1) is 5.92 Å². The number of esters is 1. The molecule has 134 valence electrons. The maximum absolute atomic E-state index is 12.4. The molecule has 0 spiro atoms. The maximum atomic E-state index is 12.4. The lowest BCUT2D eigenvalue weighted by Crippen LogP contribution is -2.55. The maximum Gasteiger partial charge on any atom is 0.338 e. The second-order valence-electron chi connectivity index (χ2n) is 7.14. The van der Waals surface area contributed by atoms with Gasteiger partial charge in [0.1, 0.15) is 6.10 Å². The summed E-state index contributed by atoms with van der Waals surface area (Å²) >= 11 is 0. The summed E-state index contributed by atoms with van der Waals surface area (Å²) in [6, 6.07) is 10.7. The second-order valence-corrected chi connectivity index (χ2v) is 7.14. The zero-order valence-electron chi connectivity index (χ0n) is 14.8. The minimum Gasteiger partial charge on any atom is -0.458 e. The van der Waals surface area contributed by atoms with Crippen LogP contribution in [0.4, 0.5) is 0 Å². The van der Waals surface area contributed by atoms with Crippen molar-refractivity contribution < 1.29 is 9.53 Å². The molecular weight excluding hydrogens is 322 g/mol. The molecule has 0 N–H and O–H groups in total. The summed E-state index contributed by atoms with van der Waals surface area (Å²) in [5.74, 6) is 0.357. The standard InChI is InChI=1S/C20H29NO2.ClH/c1-3-14-21-15(2)12-13-17-18(21)10-7-11-19(17)23-20(22)16-8-5-4-6-9-16;/h4-6,8-9,15,17-19H,3,7,10-14H2,1-2H3;1H. The van der Waals surface area contributed by atoms with Crippen LogP contribution in [-0.2, 0) is 4.74 Å². The van der Waals surface area contributed by atoms with Gasteiger partial charge in [0.2, 0.25) is 0 Å². The molecule has 2 aliphatic rings. The normalized spacial score (nSPS) is 30.1. The molecular formula is C20H30ClNO2. The van der Waals surface area contributed by atoms with Crippen molar-refractivity contribution in [1.82, 2.24) is 4.90 Å². The third-order valence-corrected chi connectivity index (χ3v) is 5.62. The Morgan fingerprint density at radius 2 is 1.92 bits per heavy atom. The van der Waals surface area contributed by atoms with Crippen LogP contribution in [0.1, 0.15) is 62.7 Å². The van der Waals surface area contributed by atoms with E-state index in [-0.39, 0.29) is 24.5 Å². The number of hydrogen-bond donors (Lipinski definition) is 0. The van der Waals surface area contributed by atoms with Gasteiger partial charge in [0.05, 0.1) is 5.56 Å². The number of piperidine rings is 1. The van der Waals surface area contributed by atoms with E-state index in [1.54, 1.807) is 0 Å². The lowest BCUT2D eigenvalue weighted by molar-refractivity contribution is -0.0598. The van der Waals surface area contributed by atoms with Gasteiger partial charge in [-0.3, -0.25) is 4.90 Å². The molecule has 3 rings (SSSR count). The molecule has 1 aromatic carbocycles. The number of halogens is 1. The van der Waals surface area contributed by atoms with Gasteiger partial charge in [0.15, 0.2) is 0 Å². The number of benzene rings is 1. The van der Waals surface area contributed by atoms with Gasteiger partial charge >= 0.3 is 5.97 Å². The Kier molecular flexibility index (Phi) is 7.12. The number of ether oxygens (including phenoxy) is 1. The Bertz CT molecular complexity index is 522. The third-order valence-electron chi connectivity index (χ3n) is 5.62. The summed E-state index contributed by atoms with van der Waals surface area (Å²) in [6.45, 7) is 5.78. The van der Waals surface area contributed by atoms with E-state index in [9.17, 15) is 4.79 Å².